The first-order valence-electron chi connectivity index (χ1n) is 14.9. The number of hydrogen-bond donors (Lipinski definition) is 1. The van der Waals surface area contributed by atoms with Gasteiger partial charge < -0.3 is 24.8 Å². The minimum Gasteiger partial charge on any atom is -0.473 e. The first kappa shape index (κ1) is 29.1. The number of ether oxygens (including phenoxy) is 1. The lowest BCUT2D eigenvalue weighted by Gasteiger charge is -2.35. The Bertz CT molecular complexity index is 1570. The van der Waals surface area contributed by atoms with E-state index in [1.807, 2.05) is 12.1 Å². The number of nitrogens with two attached hydrogens (primary N) is 1. The molecule has 2 aliphatic heterocycles. The Morgan fingerprint density at radius 3 is 2.77 bits per heavy atom. The highest BCUT2D eigenvalue weighted by molar-refractivity contribution is 7.16. The molecule has 2 saturated heterocycles. The van der Waals surface area contributed by atoms with Crippen LogP contribution in [0.4, 0.5) is 10.8 Å². The fraction of sp³-hybridized carbons (Fsp3) is 0.516. The van der Waals surface area contributed by atoms with Crippen LogP contribution in [0.3, 0.4) is 0 Å². The number of aromatic nitrogens is 3. The molecule has 5 heterocycles. The summed E-state index contributed by atoms with van der Waals surface area (Å²) in [4.78, 5) is 29.3. The van der Waals surface area contributed by atoms with E-state index < -0.39 is 5.41 Å². The fourth-order valence-corrected chi connectivity index (χ4v) is 8.01. The lowest BCUT2D eigenvalue weighted by atomic mass is 9.71. The molecule has 226 valence electrons. The molecule has 0 unspecified atom stereocenters. The number of carbonyl (C=O) groups is 1. The molecule has 1 amide bonds. The van der Waals surface area contributed by atoms with Gasteiger partial charge in [-0.2, -0.15) is 10.2 Å². The van der Waals surface area contributed by atoms with Crippen molar-refractivity contribution in [1.82, 2.24) is 24.9 Å². The number of aryl methyl sites for hydroxylation is 1. The third-order valence-corrected chi connectivity index (χ3v) is 10.3. The lowest BCUT2D eigenvalue weighted by molar-refractivity contribution is -0.126. The summed E-state index contributed by atoms with van der Waals surface area (Å²) in [6.07, 6.45) is 6.19. The van der Waals surface area contributed by atoms with Crippen LogP contribution in [0.5, 0.6) is 5.88 Å². The number of anilines is 2. The number of carbonyl (C=O) groups excluding carboxylic acids is 1. The molecule has 43 heavy (non-hydrogen) atoms. The van der Waals surface area contributed by atoms with E-state index in [0.29, 0.717) is 71.8 Å². The van der Waals surface area contributed by atoms with E-state index in [1.165, 1.54) is 17.4 Å². The van der Waals surface area contributed by atoms with Crippen molar-refractivity contribution in [2.45, 2.75) is 63.5 Å². The molecule has 11 nitrogen and oxygen atoms in total. The molecule has 0 saturated carbocycles. The van der Waals surface area contributed by atoms with Crippen molar-refractivity contribution in [3.8, 4) is 23.5 Å². The number of piperazine rings is 1. The third-order valence-electron chi connectivity index (χ3n) is 9.24. The van der Waals surface area contributed by atoms with Crippen LogP contribution >= 0.6 is 11.3 Å². The van der Waals surface area contributed by atoms with E-state index in [0.717, 1.165) is 49.1 Å². The highest BCUT2D eigenvalue weighted by atomic mass is 32.1. The van der Waals surface area contributed by atoms with Crippen molar-refractivity contribution in [3.63, 3.8) is 0 Å². The Balaban J connectivity index is 1.34. The zero-order valence-corrected chi connectivity index (χ0v) is 25.8. The first-order valence-corrected chi connectivity index (χ1v) is 15.7. The van der Waals surface area contributed by atoms with Gasteiger partial charge in [-0.1, -0.05) is 11.7 Å². The summed E-state index contributed by atoms with van der Waals surface area (Å²) in [5.74, 6) is 2.19. The smallest absolute Gasteiger partial charge is 0.246 e. The summed E-state index contributed by atoms with van der Waals surface area (Å²) in [5.41, 5.74) is 7.69. The number of nitrogens with zero attached hydrogens (tertiary/aromatic N) is 7. The summed E-state index contributed by atoms with van der Waals surface area (Å²) < 4.78 is 12.4. The summed E-state index contributed by atoms with van der Waals surface area (Å²) in [5, 5.41) is 14.9. The molecule has 0 radical (unpaired) electrons. The largest absolute Gasteiger partial charge is 0.473 e. The molecule has 3 aromatic heterocycles. The minimum absolute atomic E-state index is 0.0638. The van der Waals surface area contributed by atoms with Gasteiger partial charge in [-0.05, 0) is 71.2 Å². The molecule has 6 rings (SSSR count). The van der Waals surface area contributed by atoms with Gasteiger partial charge in [0.05, 0.1) is 11.0 Å². The Morgan fingerprint density at radius 1 is 1.28 bits per heavy atom. The second-order valence-corrected chi connectivity index (χ2v) is 13.1. The van der Waals surface area contributed by atoms with Gasteiger partial charge in [-0.25, -0.2) is 4.98 Å². The van der Waals surface area contributed by atoms with Crippen LogP contribution in [-0.4, -0.2) is 82.7 Å². The quantitative estimate of drug-likeness (QED) is 0.395. The maximum absolute atomic E-state index is 12.2. The average Bonchev–Trinajstić information content (AvgIpc) is 3.75. The molecule has 2 fully saturated rings. The summed E-state index contributed by atoms with van der Waals surface area (Å²) in [6, 6.07) is 6.40. The van der Waals surface area contributed by atoms with Crippen molar-refractivity contribution in [2.75, 3.05) is 50.4 Å². The summed E-state index contributed by atoms with van der Waals surface area (Å²) >= 11 is 1.49. The number of likely N-dealkylation sites (N-methyl/N-ethyl adjacent to an activating group) is 1. The Morgan fingerprint density at radius 2 is 2.07 bits per heavy atom. The molecule has 1 aliphatic carbocycles. The first-order chi connectivity index (χ1) is 20.7. The molecule has 3 aliphatic rings. The van der Waals surface area contributed by atoms with Crippen LogP contribution < -0.4 is 15.4 Å². The maximum Gasteiger partial charge on any atom is 0.246 e. The van der Waals surface area contributed by atoms with Crippen molar-refractivity contribution in [1.29, 1.82) is 5.26 Å². The normalized spacial score (nSPS) is 23.1. The van der Waals surface area contributed by atoms with E-state index in [2.05, 4.69) is 48.5 Å². The number of amides is 1. The molecular formula is C31H38N8O3S. The molecule has 2 N–H and O–H groups in total. The van der Waals surface area contributed by atoms with Crippen molar-refractivity contribution in [3.05, 3.63) is 46.6 Å². The zero-order chi connectivity index (χ0) is 30.3. The highest BCUT2D eigenvalue weighted by Gasteiger charge is 2.42. The second kappa shape index (κ2) is 11.6. The summed E-state index contributed by atoms with van der Waals surface area (Å²) in [6.45, 7) is 11.2. The number of nitriles is 1. The SMILES string of the molecule is C=CC(=O)N1CCN(c2cc(O[C@@H](C)[C@@H]3CCCN3C)nc(-c3cc([C@@]4(C)CCCc5sc(N)c(C#N)c54)on3)n2)CC1. The van der Waals surface area contributed by atoms with Crippen LogP contribution in [0.2, 0.25) is 0 Å². The zero-order valence-electron chi connectivity index (χ0n) is 25.0. The minimum atomic E-state index is -0.537. The third kappa shape index (κ3) is 5.36. The number of hydrogen-bond acceptors (Lipinski definition) is 11. The predicted octanol–water partition coefficient (Wildman–Crippen LogP) is 3.99. The van der Waals surface area contributed by atoms with Crippen molar-refractivity contribution >= 4 is 28.1 Å². The topological polar surface area (TPSA) is 138 Å². The van der Waals surface area contributed by atoms with E-state index in [9.17, 15) is 10.1 Å². The fourth-order valence-electron chi connectivity index (χ4n) is 6.82. The van der Waals surface area contributed by atoms with Crippen LogP contribution in [0.15, 0.2) is 29.3 Å². The molecule has 12 heteroatoms. The van der Waals surface area contributed by atoms with Crippen molar-refractivity contribution < 1.29 is 14.1 Å². The van der Waals surface area contributed by atoms with Crippen LogP contribution in [0.1, 0.15) is 61.3 Å². The van der Waals surface area contributed by atoms with Gasteiger partial charge >= 0.3 is 0 Å². The van der Waals surface area contributed by atoms with Gasteiger partial charge in [0.15, 0.2) is 11.5 Å². The van der Waals surface area contributed by atoms with Crippen molar-refractivity contribution in [2.24, 2.45) is 0 Å². The molecular weight excluding hydrogens is 564 g/mol. The maximum atomic E-state index is 12.2. The molecule has 0 bridgehead atoms. The lowest BCUT2D eigenvalue weighted by Crippen LogP contribution is -2.48. The van der Waals surface area contributed by atoms with Gasteiger partial charge in [0.1, 0.15) is 28.8 Å². The van der Waals surface area contributed by atoms with Crippen LogP contribution in [0.25, 0.3) is 11.5 Å². The summed E-state index contributed by atoms with van der Waals surface area (Å²) in [7, 11) is 2.13. The van der Waals surface area contributed by atoms with Gasteiger partial charge in [0, 0.05) is 49.2 Å². The number of fused-ring (bicyclic) bond motifs is 1. The van der Waals surface area contributed by atoms with Crippen LogP contribution in [0, 0.1) is 11.3 Å². The highest BCUT2D eigenvalue weighted by Crippen LogP contribution is 2.49. The van der Waals surface area contributed by atoms with E-state index in [-0.39, 0.29) is 12.0 Å². The Labute approximate surface area is 255 Å². The molecule has 0 spiro atoms. The standard InChI is InChI=1S/C31H38N8O3S/c1-5-27(40)39-14-12-38(13-15-39)25-17-26(41-19(2)22-8-7-11-37(22)4)35-30(34-25)21-16-24(42-36-21)31(3)10-6-9-23-28(31)20(18-32)29(33)43-23/h5,16-17,19,22H,1,6-15,33H2,2-4H3/t19-,22-,31+/m0/s1. The molecule has 3 aromatic rings. The van der Waals surface area contributed by atoms with Gasteiger partial charge in [0.2, 0.25) is 11.8 Å². The number of thiophene rings is 1. The predicted molar refractivity (Wildman–Crippen MR) is 165 cm³/mol. The van der Waals surface area contributed by atoms with E-state index in [4.69, 9.17) is 25.0 Å². The number of rotatable bonds is 7. The number of likely N-dealkylation sites (tertiary alicyclic amines) is 1. The monoisotopic (exact) mass is 602 g/mol. The van der Waals surface area contributed by atoms with E-state index in [1.54, 1.807) is 4.90 Å². The van der Waals surface area contributed by atoms with Gasteiger partial charge in [-0.3, -0.25) is 9.69 Å². The Kier molecular flexibility index (Phi) is 7.87. The average molecular weight is 603 g/mol. The Hall–Kier alpha value is -3.95. The van der Waals surface area contributed by atoms with Crippen LogP contribution in [-0.2, 0) is 16.6 Å². The van der Waals surface area contributed by atoms with Gasteiger partial charge in [-0.15, -0.1) is 11.3 Å². The molecule has 0 aromatic carbocycles. The second-order valence-electron chi connectivity index (χ2n) is 11.9. The molecule has 3 atom stereocenters. The van der Waals surface area contributed by atoms with E-state index >= 15 is 0 Å². The number of nitrogen functional groups attached to an aromatic ring is 1. The van der Waals surface area contributed by atoms with Gasteiger partial charge in [0.25, 0.3) is 0 Å².